The van der Waals surface area contributed by atoms with E-state index in [1.54, 1.807) is 61.9 Å². The van der Waals surface area contributed by atoms with E-state index in [-0.39, 0.29) is 37.0 Å². The molecule has 4 heterocycles. The van der Waals surface area contributed by atoms with Crippen molar-refractivity contribution in [1.29, 1.82) is 0 Å². The Morgan fingerprint density at radius 3 is 2.21 bits per heavy atom. The number of methoxy groups -OCH3 is 1. The second-order valence-corrected chi connectivity index (χ2v) is 15.4. The Kier molecular flexibility index (Phi) is 16.3. The number of aromatic nitrogens is 5. The van der Waals surface area contributed by atoms with E-state index in [1.807, 2.05) is 24.3 Å². The minimum atomic E-state index is -1.19. The minimum Gasteiger partial charge on any atom is -0.384 e. The van der Waals surface area contributed by atoms with Crippen LogP contribution in [-0.2, 0) is 49.0 Å². The molecule has 16 nitrogen and oxygen atoms in total. The van der Waals surface area contributed by atoms with Crippen molar-refractivity contribution in [2.75, 3.05) is 96.7 Å². The number of pyridine rings is 1. The van der Waals surface area contributed by atoms with Crippen LogP contribution in [0.25, 0.3) is 16.9 Å². The van der Waals surface area contributed by atoms with Gasteiger partial charge in [-0.05, 0) is 61.4 Å². The van der Waals surface area contributed by atoms with Crippen LogP contribution in [0.3, 0.4) is 0 Å². The minimum absolute atomic E-state index is 0.0810. The van der Waals surface area contributed by atoms with Gasteiger partial charge in [0.15, 0.2) is 11.5 Å². The van der Waals surface area contributed by atoms with Gasteiger partial charge in [0.25, 0.3) is 5.56 Å². The number of nitrogens with zero attached hydrogens (tertiary/aromatic N) is 8. The lowest BCUT2D eigenvalue weighted by molar-refractivity contribution is -0.119. The predicted octanol–water partition coefficient (Wildman–Crippen LogP) is 4.50. The molecule has 3 aromatic heterocycles. The Bertz CT molecular complexity index is 2230. The highest BCUT2D eigenvalue weighted by atomic mass is 16.5. The molecule has 326 valence electrons. The molecule has 1 aliphatic rings. The molecule has 6 rings (SSSR count). The summed E-state index contributed by atoms with van der Waals surface area (Å²) in [7, 11) is 3.45. The molecule has 0 radical (unpaired) electrons. The predicted molar refractivity (Wildman–Crippen MR) is 235 cm³/mol. The molecule has 0 bridgehead atoms. The average Bonchev–Trinajstić information content (AvgIpc) is 3.53. The van der Waals surface area contributed by atoms with E-state index in [2.05, 4.69) is 60.9 Å². The van der Waals surface area contributed by atoms with Crippen LogP contribution in [-0.4, -0.2) is 132 Å². The van der Waals surface area contributed by atoms with Crippen molar-refractivity contribution in [3.05, 3.63) is 113 Å². The van der Waals surface area contributed by atoms with Crippen LogP contribution in [0.4, 0.5) is 17.3 Å². The molecule has 1 amide bonds. The van der Waals surface area contributed by atoms with Gasteiger partial charge in [-0.2, -0.15) is 4.98 Å². The number of benzene rings is 2. The Morgan fingerprint density at radius 1 is 0.885 bits per heavy atom. The molecule has 0 atom stereocenters. The van der Waals surface area contributed by atoms with Crippen LogP contribution in [0, 0.1) is 0 Å². The molecule has 0 aliphatic carbocycles. The molecular weight excluding hydrogens is 779 g/mol. The fourth-order valence-corrected chi connectivity index (χ4v) is 6.93. The van der Waals surface area contributed by atoms with E-state index in [4.69, 9.17) is 18.9 Å². The fraction of sp³-hybridized carbons (Fsp3) is 0.444. The number of ether oxygens (including phenoxy) is 4. The smallest absolute Gasteiger partial charge is 0.278 e. The molecule has 2 aromatic carbocycles. The maximum Gasteiger partial charge on any atom is 0.278 e. The second kappa shape index (κ2) is 22.0. The Morgan fingerprint density at radius 2 is 1.54 bits per heavy atom. The summed E-state index contributed by atoms with van der Waals surface area (Å²) in [6, 6.07) is 21.2. The number of rotatable bonds is 23. The van der Waals surface area contributed by atoms with Gasteiger partial charge in [0.1, 0.15) is 11.0 Å². The maximum absolute atomic E-state index is 13.3. The molecule has 5 aromatic rings. The lowest BCUT2D eigenvalue weighted by Gasteiger charge is -2.34. The zero-order valence-corrected chi connectivity index (χ0v) is 35.8. The zero-order chi connectivity index (χ0) is 43.2. The van der Waals surface area contributed by atoms with E-state index in [9.17, 15) is 14.7 Å². The SMILES string of the molecule is C=CCn1c(=O)c2cnc(Nc3ccc(N(C)C(=O)CCOCCOCCOCCN4CCN(Cc5ccc(COC)cc5)CC4)cc3)nc2n1-c1cccc(C(C)(C)O)n1. The molecule has 2 N–H and O–H groups in total. The summed E-state index contributed by atoms with van der Waals surface area (Å²) in [4.78, 5) is 46.5. The van der Waals surface area contributed by atoms with E-state index in [0.717, 1.165) is 39.3 Å². The van der Waals surface area contributed by atoms with Gasteiger partial charge in [0, 0.05) is 71.0 Å². The van der Waals surface area contributed by atoms with Crippen LogP contribution in [0.15, 0.2) is 90.4 Å². The Hall–Kier alpha value is -5.33. The van der Waals surface area contributed by atoms with Crippen molar-refractivity contribution in [2.24, 2.45) is 0 Å². The number of aliphatic hydroxyl groups is 1. The number of allylic oxidation sites excluding steroid dienone is 1. The first kappa shape index (κ1) is 45.2. The third kappa shape index (κ3) is 12.6. The average molecular weight is 838 g/mol. The standard InChI is InChI=1S/C45H59N9O7/c1-6-19-53-43(56)38-31-46-44(49-42(38)54(53)40-9-7-8-39(48-40)45(2,3)57)47-36-14-16-37(17-15-36)50(4)41(55)18-25-59-27-29-61-30-28-60-26-24-51-20-22-52(23-21-51)32-34-10-12-35(13-11-34)33-58-5/h6-17,31,57H,1,18-30,32-33H2,2-5H3,(H,46,47,49). The molecule has 0 unspecified atom stereocenters. The monoisotopic (exact) mass is 837 g/mol. The van der Waals surface area contributed by atoms with Crippen molar-refractivity contribution >= 4 is 34.3 Å². The maximum atomic E-state index is 13.3. The summed E-state index contributed by atoms with van der Waals surface area (Å²) in [5, 5.41) is 14.1. The van der Waals surface area contributed by atoms with Crippen molar-refractivity contribution in [2.45, 2.75) is 45.6 Å². The summed E-state index contributed by atoms with van der Waals surface area (Å²) >= 11 is 0. The number of piperazine rings is 1. The highest BCUT2D eigenvalue weighted by Gasteiger charge is 2.22. The largest absolute Gasteiger partial charge is 0.384 e. The highest BCUT2D eigenvalue weighted by molar-refractivity contribution is 5.93. The van der Waals surface area contributed by atoms with Gasteiger partial charge in [0.05, 0.1) is 64.9 Å². The van der Waals surface area contributed by atoms with Crippen molar-refractivity contribution in [1.82, 2.24) is 34.1 Å². The molecule has 0 spiro atoms. The molecule has 16 heteroatoms. The number of anilines is 3. The molecule has 61 heavy (non-hydrogen) atoms. The number of carbonyl (C=O) groups excluding carboxylic acids is 1. The van der Waals surface area contributed by atoms with Crippen molar-refractivity contribution in [3.8, 4) is 5.82 Å². The van der Waals surface area contributed by atoms with E-state index in [1.165, 1.54) is 22.0 Å². The number of carbonyl (C=O) groups is 1. The number of fused-ring (bicyclic) bond motifs is 1. The quantitative estimate of drug-likeness (QED) is 0.0700. The van der Waals surface area contributed by atoms with Crippen LogP contribution >= 0.6 is 0 Å². The first-order valence-electron chi connectivity index (χ1n) is 20.7. The topological polar surface area (TPSA) is 162 Å². The lowest BCUT2D eigenvalue weighted by atomic mass is 10.1. The van der Waals surface area contributed by atoms with E-state index < -0.39 is 5.60 Å². The van der Waals surface area contributed by atoms with Crippen LogP contribution in [0.1, 0.15) is 37.1 Å². The molecule has 1 saturated heterocycles. The van der Waals surface area contributed by atoms with Gasteiger partial charge in [-0.15, -0.1) is 6.58 Å². The van der Waals surface area contributed by atoms with Crippen molar-refractivity contribution in [3.63, 3.8) is 0 Å². The summed E-state index contributed by atoms with van der Waals surface area (Å²) in [6.07, 6.45) is 3.32. The highest BCUT2D eigenvalue weighted by Crippen LogP contribution is 2.23. The normalized spacial score (nSPS) is 13.8. The Labute approximate surface area is 357 Å². The van der Waals surface area contributed by atoms with Gasteiger partial charge >= 0.3 is 0 Å². The van der Waals surface area contributed by atoms with Crippen LogP contribution in [0.2, 0.25) is 0 Å². The molecule has 1 fully saturated rings. The fourth-order valence-electron chi connectivity index (χ4n) is 6.93. The van der Waals surface area contributed by atoms with Crippen LogP contribution in [0.5, 0.6) is 0 Å². The zero-order valence-electron chi connectivity index (χ0n) is 35.8. The molecular formula is C45H59N9O7. The summed E-state index contributed by atoms with van der Waals surface area (Å²) in [6.45, 7) is 16.8. The first-order chi connectivity index (χ1) is 29.5. The second-order valence-electron chi connectivity index (χ2n) is 15.4. The van der Waals surface area contributed by atoms with Crippen LogP contribution < -0.4 is 15.8 Å². The number of amides is 1. The first-order valence-corrected chi connectivity index (χ1v) is 20.7. The van der Waals surface area contributed by atoms with Gasteiger partial charge in [-0.3, -0.25) is 19.4 Å². The van der Waals surface area contributed by atoms with Gasteiger partial charge in [-0.1, -0.05) is 36.4 Å². The Balaban J connectivity index is 0.859. The van der Waals surface area contributed by atoms with E-state index >= 15 is 0 Å². The summed E-state index contributed by atoms with van der Waals surface area (Å²) in [5.41, 5.74) is 3.24. The number of hydrogen-bond acceptors (Lipinski definition) is 13. The van der Waals surface area contributed by atoms with Gasteiger partial charge in [-0.25, -0.2) is 19.3 Å². The summed E-state index contributed by atoms with van der Waals surface area (Å²) < 4.78 is 25.4. The van der Waals surface area contributed by atoms with Crippen molar-refractivity contribution < 1.29 is 28.8 Å². The third-order valence-electron chi connectivity index (χ3n) is 10.4. The number of hydrogen-bond donors (Lipinski definition) is 2. The number of nitrogens with one attached hydrogen (secondary N) is 1. The van der Waals surface area contributed by atoms with E-state index in [0.29, 0.717) is 73.6 Å². The lowest BCUT2D eigenvalue weighted by Crippen LogP contribution is -2.46. The van der Waals surface area contributed by atoms with Gasteiger partial charge in [0.2, 0.25) is 11.9 Å². The summed E-state index contributed by atoms with van der Waals surface area (Å²) in [5.74, 6) is 0.598. The molecule has 0 saturated carbocycles. The third-order valence-corrected chi connectivity index (χ3v) is 10.4. The van der Waals surface area contributed by atoms with Gasteiger partial charge < -0.3 is 34.3 Å². The molecule has 1 aliphatic heterocycles.